The molecule has 19 heavy (non-hydrogen) atoms. The smallest absolute Gasteiger partial charge is 0.261 e. The summed E-state index contributed by atoms with van der Waals surface area (Å²) in [6.45, 7) is 1.73. The first-order valence-corrected chi connectivity index (χ1v) is 5.70. The normalized spacial score (nSPS) is 10.5. The van der Waals surface area contributed by atoms with Crippen LogP contribution in [0.15, 0.2) is 47.5 Å². The van der Waals surface area contributed by atoms with Crippen LogP contribution in [0, 0.1) is 18.3 Å². The predicted molar refractivity (Wildman–Crippen MR) is 65.9 cm³/mol. The SMILES string of the molecule is Cc1cc(=O)n2ncn(-c3ccccc3)[n+]2c1C#N. The lowest BCUT2D eigenvalue weighted by molar-refractivity contribution is -0.702. The summed E-state index contributed by atoms with van der Waals surface area (Å²) in [6, 6.07) is 12.9. The van der Waals surface area contributed by atoms with Gasteiger partial charge in [-0.1, -0.05) is 18.2 Å². The molecule has 0 fully saturated rings. The summed E-state index contributed by atoms with van der Waals surface area (Å²) in [7, 11) is 0. The van der Waals surface area contributed by atoms with Crippen LogP contribution in [-0.2, 0) is 0 Å². The molecule has 0 aliphatic carbocycles. The van der Waals surface area contributed by atoms with E-state index in [1.165, 1.54) is 21.7 Å². The molecule has 1 aromatic carbocycles. The van der Waals surface area contributed by atoms with Gasteiger partial charge in [-0.25, -0.2) is 0 Å². The van der Waals surface area contributed by atoms with Crippen LogP contribution < -0.4 is 10.2 Å². The molecule has 0 amide bonds. The molecule has 2 aromatic heterocycles. The maximum Gasteiger partial charge on any atom is 0.332 e. The first kappa shape index (κ1) is 11.2. The number of para-hydroxylation sites is 1. The van der Waals surface area contributed by atoms with Crippen LogP contribution in [0.25, 0.3) is 5.69 Å². The Morgan fingerprint density at radius 1 is 1.32 bits per heavy atom. The molecule has 0 bridgehead atoms. The molecule has 6 heteroatoms. The van der Waals surface area contributed by atoms with Crippen molar-refractivity contribution in [3.05, 3.63) is 64.3 Å². The van der Waals surface area contributed by atoms with Gasteiger partial charge in [0.2, 0.25) is 0 Å². The fourth-order valence-corrected chi connectivity index (χ4v) is 2.00. The standard InChI is InChI=1S/C13H10N5O/c1-10-7-13(19)17-15-9-16(18(17)12(10)8-14)11-5-3-2-4-6-11/h2-7,9H,1H3/q+1. The van der Waals surface area contributed by atoms with Crippen LogP contribution in [0.2, 0.25) is 0 Å². The monoisotopic (exact) mass is 252 g/mol. The minimum atomic E-state index is -0.272. The summed E-state index contributed by atoms with van der Waals surface area (Å²) in [5, 5.41) is 13.3. The van der Waals surface area contributed by atoms with E-state index in [1.54, 1.807) is 11.6 Å². The van der Waals surface area contributed by atoms with Gasteiger partial charge in [-0.05, 0) is 23.7 Å². The van der Waals surface area contributed by atoms with Crippen LogP contribution >= 0.6 is 0 Å². The molecule has 0 N–H and O–H groups in total. The number of benzene rings is 1. The summed E-state index contributed by atoms with van der Waals surface area (Å²) in [5.74, 6) is 0. The molecule has 0 aliphatic rings. The van der Waals surface area contributed by atoms with E-state index in [1.807, 2.05) is 30.3 Å². The third kappa shape index (κ3) is 1.60. The Labute approximate surface area is 108 Å². The summed E-state index contributed by atoms with van der Waals surface area (Å²) in [6.07, 6.45) is 1.51. The predicted octanol–water partition coefficient (Wildman–Crippen LogP) is 0.251. The Balaban J connectivity index is 2.47. The molecule has 3 rings (SSSR count). The van der Waals surface area contributed by atoms with E-state index < -0.39 is 0 Å². The summed E-state index contributed by atoms with van der Waals surface area (Å²) < 4.78 is 4.29. The van der Waals surface area contributed by atoms with E-state index in [0.29, 0.717) is 11.3 Å². The second-order valence-electron chi connectivity index (χ2n) is 4.12. The van der Waals surface area contributed by atoms with Crippen LogP contribution in [0.4, 0.5) is 0 Å². The Hall–Kier alpha value is -2.94. The molecule has 0 saturated heterocycles. The van der Waals surface area contributed by atoms with Crippen molar-refractivity contribution in [2.45, 2.75) is 6.92 Å². The topological polar surface area (TPSA) is 67.2 Å². The highest BCUT2D eigenvalue weighted by molar-refractivity contribution is 5.29. The molecule has 6 nitrogen and oxygen atoms in total. The second kappa shape index (κ2) is 4.07. The van der Waals surface area contributed by atoms with Crippen molar-refractivity contribution >= 4 is 0 Å². The van der Waals surface area contributed by atoms with E-state index in [-0.39, 0.29) is 5.56 Å². The van der Waals surface area contributed by atoms with Gasteiger partial charge in [0.1, 0.15) is 6.07 Å². The van der Waals surface area contributed by atoms with Gasteiger partial charge in [-0.15, -0.1) is 4.68 Å². The summed E-state index contributed by atoms with van der Waals surface area (Å²) in [5.41, 5.74) is 1.55. The molecular weight excluding hydrogens is 242 g/mol. The van der Waals surface area contributed by atoms with Gasteiger partial charge in [0, 0.05) is 11.6 Å². The van der Waals surface area contributed by atoms with Gasteiger partial charge >= 0.3 is 5.56 Å². The second-order valence-corrected chi connectivity index (χ2v) is 4.12. The van der Waals surface area contributed by atoms with E-state index in [0.717, 1.165) is 5.69 Å². The summed E-state index contributed by atoms with van der Waals surface area (Å²) >= 11 is 0. The fraction of sp³-hybridized carbons (Fsp3) is 0.0769. The van der Waals surface area contributed by atoms with Crippen molar-refractivity contribution in [3.63, 3.8) is 0 Å². The molecule has 0 aliphatic heterocycles. The minimum absolute atomic E-state index is 0.272. The Bertz CT molecular complexity index is 854. The number of aryl methyl sites for hydroxylation is 1. The zero-order valence-electron chi connectivity index (χ0n) is 10.2. The quantitative estimate of drug-likeness (QED) is 0.583. The molecule has 92 valence electrons. The average molecular weight is 252 g/mol. The van der Waals surface area contributed by atoms with Gasteiger partial charge in [-0.3, -0.25) is 4.79 Å². The third-order valence-electron chi connectivity index (χ3n) is 2.89. The van der Waals surface area contributed by atoms with Crippen molar-refractivity contribution in [2.75, 3.05) is 0 Å². The van der Waals surface area contributed by atoms with E-state index in [2.05, 4.69) is 11.2 Å². The number of fused-ring (bicyclic) bond motifs is 1. The van der Waals surface area contributed by atoms with Crippen molar-refractivity contribution in [1.29, 1.82) is 5.26 Å². The van der Waals surface area contributed by atoms with Gasteiger partial charge in [0.25, 0.3) is 12.0 Å². The van der Waals surface area contributed by atoms with E-state index in [4.69, 9.17) is 0 Å². The van der Waals surface area contributed by atoms with Gasteiger partial charge in [-0.2, -0.15) is 5.26 Å². The van der Waals surface area contributed by atoms with Gasteiger partial charge in [0.05, 0.1) is 15.4 Å². The van der Waals surface area contributed by atoms with Crippen molar-refractivity contribution in [3.8, 4) is 11.8 Å². The number of tetrazole rings is 1. The number of aromatic nitrogens is 4. The maximum absolute atomic E-state index is 11.9. The number of hydrogen-bond donors (Lipinski definition) is 0. The molecule has 0 unspecified atom stereocenters. The Morgan fingerprint density at radius 2 is 2.05 bits per heavy atom. The first-order valence-electron chi connectivity index (χ1n) is 5.70. The Morgan fingerprint density at radius 3 is 2.74 bits per heavy atom. The first-order chi connectivity index (χ1) is 9.22. The van der Waals surface area contributed by atoms with E-state index >= 15 is 0 Å². The lowest BCUT2D eigenvalue weighted by Crippen LogP contribution is -2.47. The molecule has 0 spiro atoms. The molecule has 0 atom stereocenters. The van der Waals surface area contributed by atoms with Crippen LogP contribution in [-0.4, -0.2) is 14.4 Å². The highest BCUT2D eigenvalue weighted by atomic mass is 16.1. The molecule has 0 radical (unpaired) electrons. The van der Waals surface area contributed by atoms with Crippen molar-refractivity contribution in [1.82, 2.24) is 14.4 Å². The molecule has 2 heterocycles. The van der Waals surface area contributed by atoms with Crippen LogP contribution in [0.1, 0.15) is 11.3 Å². The van der Waals surface area contributed by atoms with Crippen LogP contribution in [0.5, 0.6) is 0 Å². The molecule has 3 aromatic rings. The number of hydrogen-bond acceptors (Lipinski definition) is 3. The largest absolute Gasteiger partial charge is 0.332 e. The van der Waals surface area contributed by atoms with Crippen LogP contribution in [0.3, 0.4) is 0 Å². The number of nitrogens with zero attached hydrogens (tertiary/aromatic N) is 5. The zero-order valence-corrected chi connectivity index (χ0v) is 10.2. The highest BCUT2D eigenvalue weighted by Crippen LogP contribution is 2.04. The molecular formula is C13H10N5O+. The van der Waals surface area contributed by atoms with E-state index in [9.17, 15) is 10.1 Å². The summed E-state index contributed by atoms with van der Waals surface area (Å²) in [4.78, 5) is 11.9. The Kier molecular flexibility index (Phi) is 2.39. The third-order valence-corrected chi connectivity index (χ3v) is 2.89. The lowest BCUT2D eigenvalue weighted by Gasteiger charge is -2.00. The lowest BCUT2D eigenvalue weighted by atomic mass is 10.2. The fourth-order valence-electron chi connectivity index (χ4n) is 2.00. The van der Waals surface area contributed by atoms with Crippen molar-refractivity contribution in [2.24, 2.45) is 0 Å². The highest BCUT2D eigenvalue weighted by Gasteiger charge is 2.20. The van der Waals surface area contributed by atoms with Gasteiger partial charge < -0.3 is 0 Å². The van der Waals surface area contributed by atoms with Gasteiger partial charge in [0.15, 0.2) is 0 Å². The average Bonchev–Trinajstić information content (AvgIpc) is 2.85. The number of rotatable bonds is 1. The maximum atomic E-state index is 11.9. The minimum Gasteiger partial charge on any atom is -0.261 e. The number of nitriles is 1. The zero-order chi connectivity index (χ0) is 13.4. The van der Waals surface area contributed by atoms with Crippen molar-refractivity contribution < 1.29 is 4.63 Å². The molecule has 0 saturated carbocycles.